The van der Waals surface area contributed by atoms with E-state index >= 15 is 0 Å². The fourth-order valence-corrected chi connectivity index (χ4v) is 3.13. The summed E-state index contributed by atoms with van der Waals surface area (Å²) >= 11 is 0. The summed E-state index contributed by atoms with van der Waals surface area (Å²) in [5, 5.41) is 8.37. The Bertz CT molecular complexity index is 1080. The Labute approximate surface area is 193 Å². The van der Waals surface area contributed by atoms with Crippen LogP contribution in [0.15, 0.2) is 78.9 Å². The zero-order valence-corrected chi connectivity index (χ0v) is 18.5. The molecule has 0 aliphatic rings. The molecule has 33 heavy (non-hydrogen) atoms. The Balaban J connectivity index is 1.51. The molecule has 0 aliphatic carbocycles. The molecule has 7 nitrogen and oxygen atoms in total. The average Bonchev–Trinajstić information content (AvgIpc) is 2.83. The average molecular weight is 446 g/mol. The van der Waals surface area contributed by atoms with Crippen molar-refractivity contribution in [2.45, 2.75) is 26.3 Å². The number of hydrogen-bond donors (Lipinski definition) is 3. The maximum absolute atomic E-state index is 12.6. The first-order valence-electron chi connectivity index (χ1n) is 10.8. The van der Waals surface area contributed by atoms with Crippen molar-refractivity contribution in [2.24, 2.45) is 0 Å². The second kappa shape index (κ2) is 12.0. The minimum absolute atomic E-state index is 0.225. The summed E-state index contributed by atoms with van der Waals surface area (Å²) in [6.07, 6.45) is 0.894. The van der Waals surface area contributed by atoms with Gasteiger partial charge in [-0.15, -0.1) is 0 Å². The lowest BCUT2D eigenvalue weighted by Crippen LogP contribution is -2.28. The minimum Gasteiger partial charge on any atom is -0.466 e. The molecule has 0 aliphatic heterocycles. The van der Waals surface area contributed by atoms with Crippen LogP contribution in [-0.2, 0) is 22.5 Å². The largest absolute Gasteiger partial charge is 0.466 e. The number of benzene rings is 3. The molecule has 0 spiro atoms. The van der Waals surface area contributed by atoms with Crippen LogP contribution < -0.4 is 16.0 Å². The van der Waals surface area contributed by atoms with E-state index in [4.69, 9.17) is 4.74 Å². The lowest BCUT2D eigenvalue weighted by molar-refractivity contribution is -0.143. The molecular weight excluding hydrogens is 418 g/mol. The number of anilines is 2. The summed E-state index contributed by atoms with van der Waals surface area (Å²) in [5.41, 5.74) is 3.55. The first kappa shape index (κ1) is 23.5. The van der Waals surface area contributed by atoms with E-state index in [0.29, 0.717) is 42.9 Å². The third-order valence-corrected chi connectivity index (χ3v) is 4.81. The third-order valence-electron chi connectivity index (χ3n) is 4.81. The number of esters is 1. The number of nitrogens with one attached hydrogen (secondary N) is 3. The van der Waals surface area contributed by atoms with Crippen LogP contribution in [0.2, 0.25) is 0 Å². The van der Waals surface area contributed by atoms with Crippen molar-refractivity contribution in [3.05, 3.63) is 95.6 Å². The van der Waals surface area contributed by atoms with Gasteiger partial charge in [-0.05, 0) is 54.8 Å². The van der Waals surface area contributed by atoms with Crippen LogP contribution in [0.1, 0.15) is 34.8 Å². The molecule has 0 atom stereocenters. The molecule has 3 aromatic carbocycles. The van der Waals surface area contributed by atoms with Gasteiger partial charge in [-0.2, -0.15) is 0 Å². The Morgan fingerprint density at radius 3 is 2.27 bits per heavy atom. The summed E-state index contributed by atoms with van der Waals surface area (Å²) in [6.45, 7) is 2.56. The predicted molar refractivity (Wildman–Crippen MR) is 128 cm³/mol. The van der Waals surface area contributed by atoms with Crippen LogP contribution in [0.4, 0.5) is 16.2 Å². The number of urea groups is 1. The van der Waals surface area contributed by atoms with Gasteiger partial charge in [0, 0.05) is 29.9 Å². The van der Waals surface area contributed by atoms with E-state index in [1.165, 1.54) is 0 Å². The van der Waals surface area contributed by atoms with Gasteiger partial charge in [-0.25, -0.2) is 4.79 Å². The van der Waals surface area contributed by atoms with Gasteiger partial charge in [0.15, 0.2) is 0 Å². The van der Waals surface area contributed by atoms with Gasteiger partial charge in [0.2, 0.25) is 0 Å². The molecule has 0 aromatic heterocycles. The van der Waals surface area contributed by atoms with Gasteiger partial charge in [0.25, 0.3) is 5.91 Å². The molecule has 0 fully saturated rings. The van der Waals surface area contributed by atoms with Crippen LogP contribution in [-0.4, -0.2) is 24.5 Å². The Morgan fingerprint density at radius 2 is 1.55 bits per heavy atom. The third kappa shape index (κ3) is 7.81. The highest BCUT2D eigenvalue weighted by Gasteiger charge is 2.09. The van der Waals surface area contributed by atoms with Gasteiger partial charge in [0.05, 0.1) is 6.61 Å². The van der Waals surface area contributed by atoms with Crippen molar-refractivity contribution in [1.29, 1.82) is 0 Å². The van der Waals surface area contributed by atoms with E-state index < -0.39 is 0 Å². The van der Waals surface area contributed by atoms with Crippen LogP contribution in [0, 0.1) is 0 Å². The van der Waals surface area contributed by atoms with E-state index in [9.17, 15) is 14.4 Å². The lowest BCUT2D eigenvalue weighted by atomic mass is 10.1. The number of amides is 3. The quantitative estimate of drug-likeness (QED) is 0.414. The molecule has 170 valence electrons. The number of hydrogen-bond acceptors (Lipinski definition) is 4. The highest BCUT2D eigenvalue weighted by molar-refractivity contribution is 6.05. The fraction of sp³-hybridized carbons (Fsp3) is 0.192. The number of carbonyl (C=O) groups excluding carboxylic acids is 3. The molecule has 3 rings (SSSR count). The van der Waals surface area contributed by atoms with Crippen molar-refractivity contribution in [3.8, 4) is 0 Å². The summed E-state index contributed by atoms with van der Waals surface area (Å²) in [7, 11) is 0. The first-order chi connectivity index (χ1) is 16.0. The number of carbonyl (C=O) groups is 3. The smallest absolute Gasteiger partial charge is 0.319 e. The SMILES string of the molecule is CCOC(=O)CCc1ccc(NC(=O)c2cccc(NC(=O)NCc3ccccc3)c2)cc1. The van der Waals surface area contributed by atoms with E-state index in [-0.39, 0.29) is 17.9 Å². The van der Waals surface area contributed by atoms with E-state index in [0.717, 1.165) is 11.1 Å². The monoisotopic (exact) mass is 445 g/mol. The lowest BCUT2D eigenvalue weighted by Gasteiger charge is -2.10. The Kier molecular flexibility index (Phi) is 8.59. The van der Waals surface area contributed by atoms with Gasteiger partial charge in [0.1, 0.15) is 0 Å². The molecule has 0 saturated carbocycles. The van der Waals surface area contributed by atoms with Crippen LogP contribution >= 0.6 is 0 Å². The van der Waals surface area contributed by atoms with E-state index in [1.54, 1.807) is 43.3 Å². The first-order valence-corrected chi connectivity index (χ1v) is 10.8. The van der Waals surface area contributed by atoms with Gasteiger partial charge >= 0.3 is 12.0 Å². The molecule has 3 aromatic rings. The second-order valence-corrected chi connectivity index (χ2v) is 7.33. The maximum atomic E-state index is 12.6. The summed E-state index contributed by atoms with van der Waals surface area (Å²) in [4.78, 5) is 36.3. The molecule has 0 bridgehead atoms. The normalized spacial score (nSPS) is 10.2. The topological polar surface area (TPSA) is 96.5 Å². The highest BCUT2D eigenvalue weighted by atomic mass is 16.5. The molecule has 0 saturated heterocycles. The zero-order chi connectivity index (χ0) is 23.5. The van der Waals surface area contributed by atoms with Gasteiger partial charge < -0.3 is 20.7 Å². The second-order valence-electron chi connectivity index (χ2n) is 7.33. The molecule has 0 unspecified atom stereocenters. The van der Waals surface area contributed by atoms with E-state index in [1.807, 2.05) is 42.5 Å². The van der Waals surface area contributed by atoms with Gasteiger partial charge in [-0.1, -0.05) is 48.5 Å². The molecule has 3 N–H and O–H groups in total. The van der Waals surface area contributed by atoms with Gasteiger partial charge in [-0.3, -0.25) is 9.59 Å². The minimum atomic E-state index is -0.352. The predicted octanol–water partition coefficient (Wildman–Crippen LogP) is 4.76. The Hall–Kier alpha value is -4.13. The van der Waals surface area contributed by atoms with Crippen molar-refractivity contribution < 1.29 is 19.1 Å². The standard InChI is InChI=1S/C26H27N3O4/c1-2-33-24(30)16-13-19-11-14-22(15-12-19)28-25(31)21-9-6-10-23(17-21)29-26(32)27-18-20-7-4-3-5-8-20/h3-12,14-15,17H,2,13,16,18H2,1H3,(H,28,31)(H2,27,29,32). The molecule has 0 radical (unpaired) electrons. The molecular formula is C26H27N3O4. The maximum Gasteiger partial charge on any atom is 0.319 e. The summed E-state index contributed by atoms with van der Waals surface area (Å²) < 4.78 is 4.93. The fourth-order valence-electron chi connectivity index (χ4n) is 3.13. The van der Waals surface area contributed by atoms with Crippen molar-refractivity contribution in [2.75, 3.05) is 17.2 Å². The number of ether oxygens (including phenoxy) is 1. The molecule has 7 heteroatoms. The zero-order valence-electron chi connectivity index (χ0n) is 18.5. The van der Waals surface area contributed by atoms with E-state index in [2.05, 4.69) is 16.0 Å². The van der Waals surface area contributed by atoms with Crippen LogP contribution in [0.25, 0.3) is 0 Å². The molecule has 0 heterocycles. The molecule has 3 amide bonds. The van der Waals surface area contributed by atoms with Crippen molar-refractivity contribution in [1.82, 2.24) is 5.32 Å². The van der Waals surface area contributed by atoms with Crippen LogP contribution in [0.5, 0.6) is 0 Å². The number of rotatable bonds is 9. The number of aryl methyl sites for hydroxylation is 1. The van der Waals surface area contributed by atoms with Crippen molar-refractivity contribution in [3.63, 3.8) is 0 Å². The van der Waals surface area contributed by atoms with Crippen LogP contribution in [0.3, 0.4) is 0 Å². The highest BCUT2D eigenvalue weighted by Crippen LogP contribution is 2.15. The summed E-state index contributed by atoms with van der Waals surface area (Å²) in [5.74, 6) is -0.514. The Morgan fingerprint density at radius 1 is 0.788 bits per heavy atom. The summed E-state index contributed by atoms with van der Waals surface area (Å²) in [6, 6.07) is 23.3. The van der Waals surface area contributed by atoms with Crippen molar-refractivity contribution >= 4 is 29.3 Å².